The number of carbonyl (C=O) groups is 1. The molecular weight excluding hydrogens is 355 g/mol. The second-order valence-corrected chi connectivity index (χ2v) is 7.75. The molecule has 0 fully saturated rings. The number of hydrogen-bond acceptors (Lipinski definition) is 4. The fourth-order valence-electron chi connectivity index (χ4n) is 2.19. The molecule has 0 heterocycles. The number of nitrogens with one attached hydrogen (secondary N) is 1. The molecule has 5 nitrogen and oxygen atoms in total. The van der Waals surface area contributed by atoms with E-state index in [1.54, 1.807) is 6.92 Å². The van der Waals surface area contributed by atoms with Crippen LogP contribution in [0.5, 0.6) is 0 Å². The van der Waals surface area contributed by atoms with Gasteiger partial charge in [0, 0.05) is 18.5 Å². The summed E-state index contributed by atoms with van der Waals surface area (Å²) in [5.41, 5.74) is 5.63. The molecule has 138 valence electrons. The Labute approximate surface area is 149 Å². The third-order valence-electron chi connectivity index (χ3n) is 3.63. The van der Waals surface area contributed by atoms with Gasteiger partial charge in [0.1, 0.15) is 5.82 Å². The van der Waals surface area contributed by atoms with Gasteiger partial charge in [-0.25, -0.2) is 12.8 Å². The van der Waals surface area contributed by atoms with E-state index in [1.807, 2.05) is 6.92 Å². The molecule has 2 unspecified atom stereocenters. The van der Waals surface area contributed by atoms with Crippen molar-refractivity contribution in [2.75, 3.05) is 12.3 Å². The van der Waals surface area contributed by atoms with Crippen LogP contribution in [0.3, 0.4) is 0 Å². The van der Waals surface area contributed by atoms with Crippen molar-refractivity contribution in [2.24, 2.45) is 11.7 Å². The minimum atomic E-state index is -3.64. The maximum absolute atomic E-state index is 12.9. The van der Waals surface area contributed by atoms with Crippen molar-refractivity contribution in [3.63, 3.8) is 0 Å². The maximum Gasteiger partial charge on any atom is 0.224 e. The lowest BCUT2D eigenvalue weighted by Gasteiger charge is -2.19. The number of unbranched alkanes of at least 4 members (excludes halogenated alkanes) is 1. The number of nitrogens with two attached hydrogens (primary N) is 1. The SMILES string of the molecule is CCCCC(CN)NC(=O)C(C)CS(=O)(=O)c1ccc(F)cc1.Cl. The summed E-state index contributed by atoms with van der Waals surface area (Å²) in [6.07, 6.45) is 2.72. The average molecular weight is 381 g/mol. The highest BCUT2D eigenvalue weighted by molar-refractivity contribution is 7.91. The number of halogens is 2. The van der Waals surface area contributed by atoms with Gasteiger partial charge in [0.25, 0.3) is 0 Å². The normalized spacial score (nSPS) is 13.7. The molecule has 0 spiro atoms. The minimum Gasteiger partial charge on any atom is -0.352 e. The summed E-state index contributed by atoms with van der Waals surface area (Å²) in [6, 6.07) is 4.45. The molecule has 0 saturated heterocycles. The van der Waals surface area contributed by atoms with E-state index in [1.165, 1.54) is 12.1 Å². The van der Waals surface area contributed by atoms with Gasteiger partial charge in [-0.2, -0.15) is 0 Å². The third-order valence-corrected chi connectivity index (χ3v) is 5.56. The molecule has 24 heavy (non-hydrogen) atoms. The van der Waals surface area contributed by atoms with Gasteiger partial charge in [-0.05, 0) is 30.7 Å². The minimum absolute atomic E-state index is 0. The van der Waals surface area contributed by atoms with Gasteiger partial charge >= 0.3 is 0 Å². The first-order valence-corrected chi connectivity index (χ1v) is 9.44. The molecule has 8 heteroatoms. The Balaban J connectivity index is 0.00000529. The Morgan fingerprint density at radius 1 is 1.29 bits per heavy atom. The van der Waals surface area contributed by atoms with Gasteiger partial charge < -0.3 is 11.1 Å². The van der Waals surface area contributed by atoms with Crippen LogP contribution in [0.4, 0.5) is 4.39 Å². The highest BCUT2D eigenvalue weighted by Crippen LogP contribution is 2.15. The van der Waals surface area contributed by atoms with Crippen molar-refractivity contribution in [3.8, 4) is 0 Å². The highest BCUT2D eigenvalue weighted by Gasteiger charge is 2.24. The topological polar surface area (TPSA) is 89.3 Å². The van der Waals surface area contributed by atoms with E-state index in [9.17, 15) is 17.6 Å². The Morgan fingerprint density at radius 2 is 1.88 bits per heavy atom. The second kappa shape index (κ2) is 10.6. The summed E-state index contributed by atoms with van der Waals surface area (Å²) >= 11 is 0. The molecule has 1 aromatic rings. The Morgan fingerprint density at radius 3 is 2.38 bits per heavy atom. The van der Waals surface area contributed by atoms with Gasteiger partial charge in [0.2, 0.25) is 5.91 Å². The predicted octanol–water partition coefficient (Wildman–Crippen LogP) is 2.29. The fraction of sp³-hybridized carbons (Fsp3) is 0.562. The second-order valence-electron chi connectivity index (χ2n) is 5.72. The maximum atomic E-state index is 12.9. The first kappa shape index (κ1) is 22.8. The number of hydrogen-bond donors (Lipinski definition) is 2. The van der Waals surface area contributed by atoms with Gasteiger partial charge in [-0.3, -0.25) is 4.79 Å². The van der Waals surface area contributed by atoms with E-state index >= 15 is 0 Å². The number of rotatable bonds is 9. The Bertz CT molecular complexity index is 608. The summed E-state index contributed by atoms with van der Waals surface area (Å²) in [7, 11) is -3.64. The summed E-state index contributed by atoms with van der Waals surface area (Å²) in [6.45, 7) is 3.93. The van der Waals surface area contributed by atoms with E-state index in [2.05, 4.69) is 5.32 Å². The molecule has 1 aromatic carbocycles. The molecule has 1 rings (SSSR count). The predicted molar refractivity (Wildman–Crippen MR) is 95.4 cm³/mol. The van der Waals surface area contributed by atoms with Gasteiger partial charge in [-0.1, -0.05) is 26.7 Å². The number of carbonyl (C=O) groups excluding carboxylic acids is 1. The number of sulfone groups is 1. The average Bonchev–Trinajstić information content (AvgIpc) is 2.51. The van der Waals surface area contributed by atoms with Gasteiger partial charge in [0.05, 0.1) is 10.6 Å². The van der Waals surface area contributed by atoms with Gasteiger partial charge in [-0.15, -0.1) is 12.4 Å². The molecule has 2 atom stereocenters. The zero-order chi connectivity index (χ0) is 17.5. The van der Waals surface area contributed by atoms with Crippen molar-refractivity contribution in [1.82, 2.24) is 5.32 Å². The van der Waals surface area contributed by atoms with E-state index in [0.29, 0.717) is 6.54 Å². The van der Waals surface area contributed by atoms with Crippen molar-refractivity contribution in [1.29, 1.82) is 0 Å². The van der Waals surface area contributed by atoms with Crippen LogP contribution in [0.25, 0.3) is 0 Å². The molecule has 0 aliphatic rings. The lowest BCUT2D eigenvalue weighted by atomic mass is 10.1. The molecule has 0 aliphatic heterocycles. The molecule has 0 aromatic heterocycles. The van der Waals surface area contributed by atoms with E-state index in [4.69, 9.17) is 5.73 Å². The van der Waals surface area contributed by atoms with Crippen molar-refractivity contribution in [3.05, 3.63) is 30.1 Å². The van der Waals surface area contributed by atoms with Crippen LogP contribution in [0.15, 0.2) is 29.2 Å². The van der Waals surface area contributed by atoms with Crippen LogP contribution in [0.2, 0.25) is 0 Å². The molecule has 0 radical (unpaired) electrons. The number of amides is 1. The highest BCUT2D eigenvalue weighted by atomic mass is 35.5. The summed E-state index contributed by atoms with van der Waals surface area (Å²) < 4.78 is 37.4. The van der Waals surface area contributed by atoms with Crippen LogP contribution in [-0.2, 0) is 14.6 Å². The van der Waals surface area contributed by atoms with Crippen molar-refractivity contribution < 1.29 is 17.6 Å². The fourth-order valence-corrected chi connectivity index (χ4v) is 3.74. The van der Waals surface area contributed by atoms with Gasteiger partial charge in [0.15, 0.2) is 9.84 Å². The van der Waals surface area contributed by atoms with E-state index < -0.39 is 21.6 Å². The lowest BCUT2D eigenvalue weighted by molar-refractivity contribution is -0.124. The zero-order valence-electron chi connectivity index (χ0n) is 14.0. The Kier molecular flexibility index (Phi) is 10.1. The monoisotopic (exact) mass is 380 g/mol. The molecule has 0 aliphatic carbocycles. The standard InChI is InChI=1S/C16H25FN2O3S.ClH/c1-3-4-5-14(10-18)19-16(20)12(2)11-23(21,22)15-8-6-13(17)7-9-15;/h6-9,12,14H,3-5,10-11,18H2,1-2H3,(H,19,20);1H. The van der Waals surface area contributed by atoms with E-state index in [-0.39, 0.29) is 35.0 Å². The van der Waals surface area contributed by atoms with Crippen LogP contribution >= 0.6 is 12.4 Å². The van der Waals surface area contributed by atoms with E-state index in [0.717, 1.165) is 31.4 Å². The first-order chi connectivity index (χ1) is 10.8. The third kappa shape index (κ3) is 7.15. The zero-order valence-corrected chi connectivity index (χ0v) is 15.6. The van der Waals surface area contributed by atoms with Crippen molar-refractivity contribution in [2.45, 2.75) is 44.0 Å². The molecule has 3 N–H and O–H groups in total. The van der Waals surface area contributed by atoms with Crippen LogP contribution < -0.4 is 11.1 Å². The van der Waals surface area contributed by atoms with Crippen LogP contribution in [0, 0.1) is 11.7 Å². The quantitative estimate of drug-likeness (QED) is 0.643. The largest absolute Gasteiger partial charge is 0.352 e. The van der Waals surface area contributed by atoms with Crippen LogP contribution in [-0.4, -0.2) is 32.7 Å². The smallest absolute Gasteiger partial charge is 0.224 e. The molecular formula is C16H26ClFN2O3S. The lowest BCUT2D eigenvalue weighted by Crippen LogP contribution is -2.43. The molecule has 0 bridgehead atoms. The Hall–Kier alpha value is -1.18. The molecule has 0 saturated carbocycles. The first-order valence-electron chi connectivity index (χ1n) is 7.79. The van der Waals surface area contributed by atoms with Crippen molar-refractivity contribution >= 4 is 28.2 Å². The summed E-state index contributed by atoms with van der Waals surface area (Å²) in [5.74, 6) is -1.87. The summed E-state index contributed by atoms with van der Waals surface area (Å²) in [4.78, 5) is 12.2. The summed E-state index contributed by atoms with van der Waals surface area (Å²) in [5, 5.41) is 2.80. The molecule has 1 amide bonds. The number of benzene rings is 1. The van der Waals surface area contributed by atoms with Crippen LogP contribution in [0.1, 0.15) is 33.1 Å².